The van der Waals surface area contributed by atoms with Gasteiger partial charge in [0.1, 0.15) is 5.69 Å². The fraction of sp³-hybridized carbons (Fsp3) is 0.318. The number of aliphatic imine (C=N–C) groups is 3. The summed E-state index contributed by atoms with van der Waals surface area (Å²) in [4.78, 5) is 25.5. The minimum Gasteiger partial charge on any atom is -0.486 e. The van der Waals surface area contributed by atoms with Gasteiger partial charge in [-0.2, -0.15) is 5.10 Å². The highest BCUT2D eigenvalue weighted by Gasteiger charge is 2.29. The number of nitrogens with two attached hydrogens (primary N) is 2. The largest absolute Gasteiger partial charge is 0.486 e. The van der Waals surface area contributed by atoms with Crippen molar-refractivity contribution in [2.45, 2.75) is 26.3 Å². The molecule has 2 heterocycles. The van der Waals surface area contributed by atoms with Crippen LogP contribution in [0.15, 0.2) is 51.1 Å². The summed E-state index contributed by atoms with van der Waals surface area (Å²) < 4.78 is 7.74. The van der Waals surface area contributed by atoms with Crippen LogP contribution in [0.2, 0.25) is 0 Å². The number of benzene rings is 1. The summed E-state index contributed by atoms with van der Waals surface area (Å²) in [6.45, 7) is 4.52. The average Bonchev–Trinajstić information content (AvgIpc) is 3.14. The number of nitrogens with one attached hydrogen (secondary N) is 2. The van der Waals surface area contributed by atoms with Gasteiger partial charge in [-0.3, -0.25) is 14.8 Å². The van der Waals surface area contributed by atoms with Gasteiger partial charge in [0.05, 0.1) is 38.2 Å². The zero-order valence-corrected chi connectivity index (χ0v) is 18.7. The maximum absolute atomic E-state index is 12.8. The fourth-order valence-electron chi connectivity index (χ4n) is 3.22. The van der Waals surface area contributed by atoms with E-state index in [1.807, 2.05) is 24.6 Å². The van der Waals surface area contributed by atoms with Gasteiger partial charge in [0.2, 0.25) is 5.69 Å². The zero-order valence-electron chi connectivity index (χ0n) is 18.7. The molecule has 11 nitrogen and oxygen atoms in total. The Kier molecular flexibility index (Phi) is 7.92. The first-order valence-corrected chi connectivity index (χ1v) is 10.5. The Labute approximate surface area is 191 Å². The van der Waals surface area contributed by atoms with Gasteiger partial charge in [-0.25, -0.2) is 4.99 Å². The molecule has 1 amide bonds. The number of amidine groups is 1. The number of amides is 1. The van der Waals surface area contributed by atoms with Gasteiger partial charge in [-0.05, 0) is 26.0 Å². The molecule has 3 rings (SSSR count). The first kappa shape index (κ1) is 23.7. The van der Waals surface area contributed by atoms with Crippen molar-refractivity contribution in [1.82, 2.24) is 10.4 Å². The predicted octanol–water partition coefficient (Wildman–Crippen LogP) is -0.0387. The van der Waals surface area contributed by atoms with Crippen LogP contribution >= 0.6 is 0 Å². The topological polar surface area (TPSA) is 167 Å². The summed E-state index contributed by atoms with van der Waals surface area (Å²) in [5, 5.41) is 14.9. The molecule has 11 heteroatoms. The van der Waals surface area contributed by atoms with Crippen molar-refractivity contribution >= 4 is 24.3 Å². The minimum atomic E-state index is -0.363. The van der Waals surface area contributed by atoms with Crippen LogP contribution in [0, 0.1) is 0 Å². The number of nitrogens with zero attached hydrogens (tertiary/aromatic N) is 4. The number of carbonyl (C=O) groups excluding carboxylic acids is 1. The molecule has 1 aromatic heterocycles. The number of carbonyl (C=O) groups is 1. The molecule has 33 heavy (non-hydrogen) atoms. The van der Waals surface area contributed by atoms with E-state index >= 15 is 0 Å². The van der Waals surface area contributed by atoms with Crippen molar-refractivity contribution in [1.29, 1.82) is 0 Å². The van der Waals surface area contributed by atoms with Gasteiger partial charge in [0.25, 0.3) is 11.6 Å². The van der Waals surface area contributed by atoms with Crippen LogP contribution in [-0.2, 0) is 6.42 Å². The number of rotatable bonds is 7. The number of aromatic nitrogens is 2. The van der Waals surface area contributed by atoms with Crippen molar-refractivity contribution in [3.63, 3.8) is 0 Å². The molecule has 2 aromatic rings. The highest BCUT2D eigenvalue weighted by molar-refractivity contribution is 6.01. The van der Waals surface area contributed by atoms with E-state index in [9.17, 15) is 4.79 Å². The summed E-state index contributed by atoms with van der Waals surface area (Å²) in [6, 6.07) is 7.14. The van der Waals surface area contributed by atoms with Gasteiger partial charge in [0.15, 0.2) is 11.6 Å². The summed E-state index contributed by atoms with van der Waals surface area (Å²) in [6.07, 6.45) is 4.50. The molecule has 1 aliphatic rings. The average molecular weight is 454 g/mol. The molecule has 0 fully saturated rings. The van der Waals surface area contributed by atoms with Crippen LogP contribution in [0.1, 0.15) is 35.6 Å². The first-order valence-electron chi connectivity index (χ1n) is 10.5. The molecule has 1 aliphatic heterocycles. The summed E-state index contributed by atoms with van der Waals surface area (Å²) >= 11 is 0. The number of aliphatic hydroxyl groups is 1. The number of aliphatic hydroxyl groups excluding tert-OH is 1. The molecule has 0 atom stereocenters. The third-order valence-corrected chi connectivity index (χ3v) is 4.62. The van der Waals surface area contributed by atoms with E-state index in [0.29, 0.717) is 47.3 Å². The fourth-order valence-corrected chi connectivity index (χ4v) is 3.22. The number of ether oxygens (including phenoxy) is 1. The highest BCUT2D eigenvalue weighted by atomic mass is 16.5. The normalized spacial score (nSPS) is 14.3. The van der Waals surface area contributed by atoms with Gasteiger partial charge in [-0.1, -0.05) is 4.68 Å². The van der Waals surface area contributed by atoms with E-state index in [1.165, 1.54) is 18.8 Å². The number of aromatic amines is 1. The summed E-state index contributed by atoms with van der Waals surface area (Å²) in [7, 11) is 0. The van der Waals surface area contributed by atoms with E-state index in [0.717, 1.165) is 5.69 Å². The SMILES string of the molecule is CC(C)N=C(N=CN)c1cc2[n+]([nH]1)-c1cc(C(=O)NC(C=NCCO)=CN)ccc1OCC2. The maximum atomic E-state index is 12.8. The summed E-state index contributed by atoms with van der Waals surface area (Å²) in [5.74, 6) is 0.759. The molecule has 0 bridgehead atoms. The number of fused-ring (bicyclic) bond motifs is 3. The Morgan fingerprint density at radius 1 is 1.36 bits per heavy atom. The second-order valence-corrected chi connectivity index (χ2v) is 7.44. The van der Waals surface area contributed by atoms with E-state index in [4.69, 9.17) is 21.3 Å². The van der Waals surface area contributed by atoms with Crippen LogP contribution in [0.4, 0.5) is 0 Å². The molecule has 7 N–H and O–H groups in total. The molecule has 0 radical (unpaired) electrons. The lowest BCUT2D eigenvalue weighted by atomic mass is 10.1. The number of allylic oxidation sites excluding steroid dienone is 1. The van der Waals surface area contributed by atoms with Crippen LogP contribution in [0.5, 0.6) is 5.75 Å². The maximum Gasteiger partial charge on any atom is 0.278 e. The molecule has 1 aromatic carbocycles. The van der Waals surface area contributed by atoms with Gasteiger partial charge in [0, 0.05) is 36.2 Å². The van der Waals surface area contributed by atoms with Crippen LogP contribution in [0.25, 0.3) is 5.69 Å². The van der Waals surface area contributed by atoms with Crippen LogP contribution in [-0.4, -0.2) is 60.3 Å². The quantitative estimate of drug-likeness (QED) is 0.225. The lowest BCUT2D eigenvalue weighted by Crippen LogP contribution is -2.37. The highest BCUT2D eigenvalue weighted by Crippen LogP contribution is 2.24. The Hall–Kier alpha value is -3.99. The summed E-state index contributed by atoms with van der Waals surface area (Å²) in [5.41, 5.74) is 14.1. The molecule has 174 valence electrons. The third-order valence-electron chi connectivity index (χ3n) is 4.62. The van der Waals surface area contributed by atoms with Gasteiger partial charge >= 0.3 is 0 Å². The predicted molar refractivity (Wildman–Crippen MR) is 126 cm³/mol. The van der Waals surface area contributed by atoms with E-state index in [-0.39, 0.29) is 25.1 Å². The monoisotopic (exact) mass is 453 g/mol. The Bertz CT molecular complexity index is 1110. The van der Waals surface area contributed by atoms with Crippen LogP contribution in [0.3, 0.4) is 0 Å². The van der Waals surface area contributed by atoms with Crippen LogP contribution < -0.4 is 26.2 Å². The molecule has 0 aliphatic carbocycles. The third kappa shape index (κ3) is 5.83. The van der Waals surface area contributed by atoms with Gasteiger partial charge in [-0.15, -0.1) is 0 Å². The standard InChI is InChI=1S/C22H28N8O3/c1-14(2)27-21(26-13-24)18-10-17-5-8-33-20-4-3-15(9-19(20)30(17)29-18)22(32)28-16(11-23)12-25-6-7-31/h3-4,9-14,31H,5-8H2,1-2H3,(H5,23,24,25,26,27,28,29,32)/p+1. The lowest BCUT2D eigenvalue weighted by Gasteiger charge is -2.07. The van der Waals surface area contributed by atoms with E-state index < -0.39 is 0 Å². The minimum absolute atomic E-state index is 0.0356. The molecule has 0 saturated heterocycles. The second kappa shape index (κ2) is 11.0. The number of hydrogen-bond acceptors (Lipinski definition) is 6. The molecular weight excluding hydrogens is 424 g/mol. The number of hydrogen-bond donors (Lipinski definition) is 5. The van der Waals surface area contributed by atoms with Crippen molar-refractivity contribution < 1.29 is 19.3 Å². The van der Waals surface area contributed by atoms with Crippen molar-refractivity contribution in [3.05, 3.63) is 53.1 Å². The zero-order chi connectivity index (χ0) is 23.8. The second-order valence-electron chi connectivity index (χ2n) is 7.44. The van der Waals surface area contributed by atoms with E-state index in [2.05, 4.69) is 25.4 Å². The molecule has 0 saturated carbocycles. The molecule has 0 unspecified atom stereocenters. The van der Waals surface area contributed by atoms with Crippen molar-refractivity contribution in [2.24, 2.45) is 26.4 Å². The van der Waals surface area contributed by atoms with E-state index in [1.54, 1.807) is 18.2 Å². The van der Waals surface area contributed by atoms with Crippen molar-refractivity contribution in [3.8, 4) is 11.4 Å². The number of H-pyrrole nitrogens is 1. The Balaban J connectivity index is 1.96. The Morgan fingerprint density at radius 3 is 2.88 bits per heavy atom. The Morgan fingerprint density at radius 2 is 2.18 bits per heavy atom. The smallest absolute Gasteiger partial charge is 0.278 e. The van der Waals surface area contributed by atoms with Gasteiger partial charge < -0.3 is 26.6 Å². The molecule has 0 spiro atoms. The molecular formula is C22H29N8O3+. The lowest BCUT2D eigenvalue weighted by molar-refractivity contribution is -0.662. The first-order chi connectivity index (χ1) is 16.0. The van der Waals surface area contributed by atoms with Crippen molar-refractivity contribution in [2.75, 3.05) is 19.8 Å².